The number of carbonyl (C=O) groups is 1. The monoisotopic (exact) mass is 365 g/mol. The molecule has 1 aliphatic heterocycles. The van der Waals surface area contributed by atoms with Gasteiger partial charge in [-0.1, -0.05) is 24.3 Å². The molecule has 1 N–H and O–H groups in total. The fraction of sp³-hybridized carbons (Fsp3) is 0.263. The average molecular weight is 365 g/mol. The van der Waals surface area contributed by atoms with Crippen LogP contribution in [0.5, 0.6) is 0 Å². The molecule has 0 aliphatic carbocycles. The number of thiazole rings is 1. The Morgan fingerprint density at radius 2 is 2.19 bits per heavy atom. The normalized spacial score (nSPS) is 14.0. The molecule has 1 amide bonds. The maximum absolute atomic E-state index is 12.2. The topological polar surface area (TPSA) is 71.0 Å². The van der Waals surface area contributed by atoms with Crippen molar-refractivity contribution in [3.05, 3.63) is 70.2 Å². The molecule has 7 heteroatoms. The molecule has 1 aromatic carbocycles. The highest BCUT2D eigenvalue weighted by Gasteiger charge is 2.22. The van der Waals surface area contributed by atoms with Crippen LogP contribution in [0, 0.1) is 6.92 Å². The van der Waals surface area contributed by atoms with E-state index in [1.165, 1.54) is 28.4 Å². The van der Waals surface area contributed by atoms with Crippen molar-refractivity contribution in [3.63, 3.8) is 0 Å². The molecule has 1 aliphatic rings. The molecule has 6 nitrogen and oxygen atoms in total. The summed E-state index contributed by atoms with van der Waals surface area (Å²) in [6, 6.07) is 8.49. The fourth-order valence-corrected chi connectivity index (χ4v) is 4.09. The van der Waals surface area contributed by atoms with Gasteiger partial charge in [-0.05, 0) is 18.1 Å². The highest BCUT2D eigenvalue weighted by Crippen LogP contribution is 2.29. The Kier molecular flexibility index (Phi) is 4.73. The largest absolute Gasteiger partial charge is 0.296 e. The van der Waals surface area contributed by atoms with E-state index >= 15 is 0 Å². The van der Waals surface area contributed by atoms with Crippen molar-refractivity contribution in [1.82, 2.24) is 19.9 Å². The van der Waals surface area contributed by atoms with Crippen molar-refractivity contribution < 1.29 is 4.79 Å². The predicted octanol–water partition coefficient (Wildman–Crippen LogP) is 3.05. The Hall–Kier alpha value is -2.64. The smallest absolute Gasteiger partial charge is 0.277 e. The van der Waals surface area contributed by atoms with Crippen molar-refractivity contribution in [2.24, 2.45) is 0 Å². The maximum atomic E-state index is 12.2. The van der Waals surface area contributed by atoms with Crippen molar-refractivity contribution in [1.29, 1.82) is 0 Å². The molecule has 0 radical (unpaired) electrons. The van der Waals surface area contributed by atoms with Gasteiger partial charge in [0, 0.05) is 43.3 Å². The molecule has 4 rings (SSSR count). The van der Waals surface area contributed by atoms with Crippen LogP contribution in [-0.4, -0.2) is 32.3 Å². The number of hydrogen-bond donors (Lipinski definition) is 1. The summed E-state index contributed by atoms with van der Waals surface area (Å²) >= 11 is 1.54. The molecule has 0 saturated carbocycles. The number of fused-ring (bicyclic) bond motifs is 1. The molecule has 0 bridgehead atoms. The van der Waals surface area contributed by atoms with Crippen LogP contribution >= 0.6 is 11.3 Å². The molecule has 0 spiro atoms. The molecule has 0 fully saturated rings. The molecular formula is C19H19N5OS. The lowest BCUT2D eigenvalue weighted by Gasteiger charge is -2.26. The van der Waals surface area contributed by atoms with Crippen molar-refractivity contribution in [2.75, 3.05) is 11.9 Å². The number of carbonyl (C=O) groups excluding carboxylic acids is 1. The first-order chi connectivity index (χ1) is 12.7. The molecular weight excluding hydrogens is 346 g/mol. The Morgan fingerprint density at radius 1 is 1.31 bits per heavy atom. The van der Waals surface area contributed by atoms with Crippen LogP contribution in [0.4, 0.5) is 5.13 Å². The molecule has 132 valence electrons. The SMILES string of the molecule is Cc1ccccc1CN1CCc2nc(NC(=O)c3cnccn3)sc2C1. The third-order valence-electron chi connectivity index (χ3n) is 4.48. The number of anilines is 1. The van der Waals surface area contributed by atoms with Gasteiger partial charge in [-0.25, -0.2) is 9.97 Å². The lowest BCUT2D eigenvalue weighted by molar-refractivity contribution is 0.102. The van der Waals surface area contributed by atoms with Gasteiger partial charge in [0.15, 0.2) is 5.13 Å². The van der Waals surface area contributed by atoms with E-state index in [-0.39, 0.29) is 5.91 Å². The summed E-state index contributed by atoms with van der Waals surface area (Å²) in [5.41, 5.74) is 4.06. The van der Waals surface area contributed by atoms with Crippen LogP contribution in [0.3, 0.4) is 0 Å². The van der Waals surface area contributed by atoms with Crippen molar-refractivity contribution >= 4 is 22.4 Å². The van der Waals surface area contributed by atoms with Crippen LogP contribution in [0.25, 0.3) is 0 Å². The van der Waals surface area contributed by atoms with Gasteiger partial charge in [-0.2, -0.15) is 0 Å². The van der Waals surface area contributed by atoms with Gasteiger partial charge in [0.1, 0.15) is 5.69 Å². The van der Waals surface area contributed by atoms with E-state index in [1.807, 2.05) is 0 Å². The Bertz CT molecular complexity index is 925. The van der Waals surface area contributed by atoms with Crippen molar-refractivity contribution in [3.8, 4) is 0 Å². The molecule has 3 heterocycles. The summed E-state index contributed by atoms with van der Waals surface area (Å²) in [6.07, 6.45) is 5.40. The average Bonchev–Trinajstić information content (AvgIpc) is 3.06. The number of rotatable bonds is 4. The second-order valence-corrected chi connectivity index (χ2v) is 7.40. The number of aromatic nitrogens is 3. The van der Waals surface area contributed by atoms with Gasteiger partial charge in [0.25, 0.3) is 5.91 Å². The molecule has 2 aromatic heterocycles. The zero-order valence-corrected chi connectivity index (χ0v) is 15.3. The number of benzene rings is 1. The highest BCUT2D eigenvalue weighted by molar-refractivity contribution is 7.15. The molecule has 26 heavy (non-hydrogen) atoms. The van der Waals surface area contributed by atoms with Crippen LogP contribution in [-0.2, 0) is 19.5 Å². The molecule has 0 atom stereocenters. The first-order valence-electron chi connectivity index (χ1n) is 8.52. The van der Waals surface area contributed by atoms with E-state index in [2.05, 4.69) is 56.4 Å². The zero-order chi connectivity index (χ0) is 17.9. The molecule has 0 unspecified atom stereocenters. The van der Waals surface area contributed by atoms with E-state index in [0.717, 1.165) is 31.7 Å². The van der Waals surface area contributed by atoms with Gasteiger partial charge < -0.3 is 0 Å². The predicted molar refractivity (Wildman–Crippen MR) is 101 cm³/mol. The highest BCUT2D eigenvalue weighted by atomic mass is 32.1. The van der Waals surface area contributed by atoms with E-state index in [9.17, 15) is 4.79 Å². The summed E-state index contributed by atoms with van der Waals surface area (Å²) in [7, 11) is 0. The molecule has 3 aromatic rings. The molecule has 0 saturated heterocycles. The van der Waals surface area contributed by atoms with Gasteiger partial charge in [0.05, 0.1) is 11.9 Å². The first kappa shape index (κ1) is 16.8. The van der Waals surface area contributed by atoms with E-state index in [4.69, 9.17) is 0 Å². The van der Waals surface area contributed by atoms with Gasteiger partial charge in [-0.15, -0.1) is 11.3 Å². The number of nitrogens with zero attached hydrogens (tertiary/aromatic N) is 4. The minimum Gasteiger partial charge on any atom is -0.296 e. The first-order valence-corrected chi connectivity index (χ1v) is 9.33. The van der Waals surface area contributed by atoms with Crippen molar-refractivity contribution in [2.45, 2.75) is 26.4 Å². The number of amides is 1. The second kappa shape index (κ2) is 7.31. The maximum Gasteiger partial charge on any atom is 0.277 e. The quantitative estimate of drug-likeness (QED) is 0.769. The van der Waals surface area contributed by atoms with E-state index in [1.54, 1.807) is 17.5 Å². The van der Waals surface area contributed by atoms with E-state index < -0.39 is 0 Å². The number of hydrogen-bond acceptors (Lipinski definition) is 6. The fourth-order valence-electron chi connectivity index (χ4n) is 3.04. The standard InChI is InChI=1S/C19H19N5OS/c1-13-4-2-3-5-14(13)11-24-9-6-15-17(12-24)26-19(22-15)23-18(25)16-10-20-7-8-21-16/h2-5,7-8,10H,6,9,11-12H2,1H3,(H,22,23,25). The van der Waals surface area contributed by atoms with Crippen LogP contribution in [0.2, 0.25) is 0 Å². The Labute approximate surface area is 155 Å². The summed E-state index contributed by atoms with van der Waals surface area (Å²) in [6.45, 7) is 4.92. The Balaban J connectivity index is 1.44. The summed E-state index contributed by atoms with van der Waals surface area (Å²) in [5, 5.41) is 3.46. The van der Waals surface area contributed by atoms with Crippen LogP contribution < -0.4 is 5.32 Å². The van der Waals surface area contributed by atoms with E-state index in [0.29, 0.717) is 10.8 Å². The van der Waals surface area contributed by atoms with Crippen LogP contribution in [0.15, 0.2) is 42.9 Å². The van der Waals surface area contributed by atoms with Gasteiger partial charge in [0.2, 0.25) is 0 Å². The van der Waals surface area contributed by atoms with Crippen LogP contribution in [0.1, 0.15) is 32.2 Å². The van der Waals surface area contributed by atoms with Gasteiger partial charge >= 0.3 is 0 Å². The zero-order valence-electron chi connectivity index (χ0n) is 14.5. The minimum absolute atomic E-state index is 0.277. The number of aryl methyl sites for hydroxylation is 1. The Morgan fingerprint density at radius 3 is 3.00 bits per heavy atom. The lowest BCUT2D eigenvalue weighted by atomic mass is 10.1. The third kappa shape index (κ3) is 3.63. The lowest BCUT2D eigenvalue weighted by Crippen LogP contribution is -2.29. The summed E-state index contributed by atoms with van der Waals surface area (Å²) in [5.74, 6) is -0.277. The summed E-state index contributed by atoms with van der Waals surface area (Å²) in [4.78, 5) is 28.4. The third-order valence-corrected chi connectivity index (χ3v) is 5.48. The second-order valence-electron chi connectivity index (χ2n) is 6.32. The summed E-state index contributed by atoms with van der Waals surface area (Å²) < 4.78 is 0. The minimum atomic E-state index is -0.277. The number of nitrogens with one attached hydrogen (secondary N) is 1. The van der Waals surface area contributed by atoms with Gasteiger partial charge in [-0.3, -0.25) is 20.0 Å².